The Balaban J connectivity index is 3.63. The number of carbonyl (C=O) groups is 1. The van der Waals surface area contributed by atoms with Crippen molar-refractivity contribution >= 4 is 11.9 Å². The largest absolute Gasteiger partial charge is 0.368 e. The number of nitrogens with one attached hydrogen (secondary N) is 1. The average Bonchev–Trinajstić information content (AvgIpc) is 1.63. The van der Waals surface area contributed by atoms with Crippen LogP contribution < -0.4 is 5.73 Å². The fourth-order valence-corrected chi connectivity index (χ4v) is 0.242. The molecule has 0 unspecified atom stereocenters. The number of guanidine groups is 1. The van der Waals surface area contributed by atoms with Gasteiger partial charge in [-0.2, -0.15) is 5.06 Å². The average molecular weight is 131 g/mol. The van der Waals surface area contributed by atoms with Gasteiger partial charge in [0.05, 0.1) is 0 Å². The molecule has 0 amide bonds. The van der Waals surface area contributed by atoms with Crippen molar-refractivity contribution < 1.29 is 9.63 Å². The standard InChI is InChI=1S/C4H9N3O2/c1-3(8)9-7(2)4(5)6/h1-2H3,(H3,5,6). The molecule has 0 heterocycles. The van der Waals surface area contributed by atoms with E-state index < -0.39 is 5.97 Å². The lowest BCUT2D eigenvalue weighted by atomic mass is 10.8. The molecule has 0 radical (unpaired) electrons. The molecule has 0 saturated carbocycles. The Morgan fingerprint density at radius 1 is 1.78 bits per heavy atom. The summed E-state index contributed by atoms with van der Waals surface area (Å²) >= 11 is 0. The molecule has 0 atom stereocenters. The maximum atomic E-state index is 10.1. The maximum absolute atomic E-state index is 10.1. The number of carbonyl (C=O) groups excluding carboxylic acids is 1. The van der Waals surface area contributed by atoms with E-state index in [9.17, 15) is 4.79 Å². The van der Waals surface area contributed by atoms with Crippen LogP contribution >= 0.6 is 0 Å². The highest BCUT2D eigenvalue weighted by Gasteiger charge is 2.01. The molecule has 0 spiro atoms. The molecule has 0 aliphatic rings. The van der Waals surface area contributed by atoms with Crippen molar-refractivity contribution in [3.05, 3.63) is 0 Å². The monoisotopic (exact) mass is 131 g/mol. The van der Waals surface area contributed by atoms with E-state index in [4.69, 9.17) is 11.1 Å². The molecule has 9 heavy (non-hydrogen) atoms. The van der Waals surface area contributed by atoms with Crippen LogP contribution in [0.15, 0.2) is 0 Å². The Bertz CT molecular complexity index is 134. The van der Waals surface area contributed by atoms with Gasteiger partial charge >= 0.3 is 5.97 Å². The highest BCUT2D eigenvalue weighted by atomic mass is 16.7. The van der Waals surface area contributed by atoms with Crippen molar-refractivity contribution in [1.29, 1.82) is 5.41 Å². The molecule has 0 fully saturated rings. The minimum atomic E-state index is -0.493. The molecule has 0 aliphatic heterocycles. The van der Waals surface area contributed by atoms with Crippen molar-refractivity contribution in [1.82, 2.24) is 5.06 Å². The fourth-order valence-electron chi connectivity index (χ4n) is 0.242. The first-order chi connectivity index (χ1) is 4.04. The summed E-state index contributed by atoms with van der Waals surface area (Å²) < 4.78 is 0. The lowest BCUT2D eigenvalue weighted by Gasteiger charge is -2.12. The van der Waals surface area contributed by atoms with Crippen LogP contribution in [0.4, 0.5) is 0 Å². The molecular weight excluding hydrogens is 122 g/mol. The Hall–Kier alpha value is -1.26. The molecule has 3 N–H and O–H groups in total. The second-order valence-corrected chi connectivity index (χ2v) is 1.47. The Kier molecular flexibility index (Phi) is 2.50. The number of nitrogens with two attached hydrogens (primary N) is 1. The van der Waals surface area contributed by atoms with Gasteiger partial charge in [-0.3, -0.25) is 10.2 Å². The minimum Gasteiger partial charge on any atom is -0.368 e. The molecule has 0 aromatic rings. The summed E-state index contributed by atoms with van der Waals surface area (Å²) in [5, 5.41) is 7.60. The van der Waals surface area contributed by atoms with Gasteiger partial charge in [0.2, 0.25) is 5.96 Å². The van der Waals surface area contributed by atoms with Crippen LogP contribution in [0, 0.1) is 5.41 Å². The number of rotatable bonds is 0. The number of hydroxylamine groups is 2. The molecule has 52 valence electrons. The second-order valence-electron chi connectivity index (χ2n) is 1.47. The smallest absolute Gasteiger partial charge is 0.329 e. The van der Waals surface area contributed by atoms with Crippen molar-refractivity contribution in [3.8, 4) is 0 Å². The maximum Gasteiger partial charge on any atom is 0.329 e. The molecule has 0 rings (SSSR count). The van der Waals surface area contributed by atoms with Crippen LogP contribution in [0.1, 0.15) is 6.92 Å². The molecule has 0 aliphatic carbocycles. The van der Waals surface area contributed by atoms with Crippen LogP contribution in [0.2, 0.25) is 0 Å². The van der Waals surface area contributed by atoms with Crippen molar-refractivity contribution in [2.75, 3.05) is 7.05 Å². The third kappa shape index (κ3) is 3.33. The summed E-state index contributed by atoms with van der Waals surface area (Å²) in [6, 6.07) is 0. The van der Waals surface area contributed by atoms with E-state index in [0.29, 0.717) is 0 Å². The molecule has 5 nitrogen and oxygen atoms in total. The van der Waals surface area contributed by atoms with Crippen LogP contribution in [-0.4, -0.2) is 24.0 Å². The lowest BCUT2D eigenvalue weighted by molar-refractivity contribution is -0.166. The van der Waals surface area contributed by atoms with Crippen LogP contribution in [-0.2, 0) is 9.63 Å². The summed E-state index contributed by atoms with van der Waals surface area (Å²) in [6.07, 6.45) is 0. The molecule has 0 saturated heterocycles. The first kappa shape index (κ1) is 7.74. The Morgan fingerprint density at radius 3 is 2.33 bits per heavy atom. The third-order valence-electron chi connectivity index (χ3n) is 0.605. The second kappa shape index (κ2) is 2.91. The van der Waals surface area contributed by atoms with E-state index in [1.54, 1.807) is 0 Å². The number of hydrogen-bond acceptors (Lipinski definition) is 3. The zero-order chi connectivity index (χ0) is 7.44. The molecule has 5 heteroatoms. The molecule has 0 bridgehead atoms. The number of hydrogen-bond donors (Lipinski definition) is 2. The summed E-state index contributed by atoms with van der Waals surface area (Å²) in [6.45, 7) is 1.24. The normalized spacial score (nSPS) is 8.22. The quantitative estimate of drug-likeness (QED) is 0.258. The fraction of sp³-hybridized carbons (Fsp3) is 0.500. The van der Waals surface area contributed by atoms with Gasteiger partial charge in [-0.05, 0) is 0 Å². The van der Waals surface area contributed by atoms with Crippen molar-refractivity contribution in [3.63, 3.8) is 0 Å². The topological polar surface area (TPSA) is 79.4 Å². The van der Waals surface area contributed by atoms with E-state index >= 15 is 0 Å². The predicted molar refractivity (Wildman–Crippen MR) is 31.4 cm³/mol. The van der Waals surface area contributed by atoms with Gasteiger partial charge in [-0.1, -0.05) is 0 Å². The SMILES string of the molecule is CC(=O)ON(C)C(=N)N. The first-order valence-electron chi connectivity index (χ1n) is 2.30. The minimum absolute atomic E-state index is 0.301. The summed E-state index contributed by atoms with van der Waals surface area (Å²) in [5.74, 6) is -0.794. The summed E-state index contributed by atoms with van der Waals surface area (Å²) in [5.41, 5.74) is 4.92. The van der Waals surface area contributed by atoms with E-state index in [1.165, 1.54) is 14.0 Å². The van der Waals surface area contributed by atoms with Crippen molar-refractivity contribution in [2.45, 2.75) is 6.92 Å². The van der Waals surface area contributed by atoms with Crippen LogP contribution in [0.3, 0.4) is 0 Å². The van der Waals surface area contributed by atoms with E-state index in [-0.39, 0.29) is 5.96 Å². The van der Waals surface area contributed by atoms with Crippen LogP contribution in [0.25, 0.3) is 0 Å². The van der Waals surface area contributed by atoms with Gasteiger partial charge in [-0.15, -0.1) is 0 Å². The van der Waals surface area contributed by atoms with E-state index in [0.717, 1.165) is 5.06 Å². The van der Waals surface area contributed by atoms with Gasteiger partial charge in [0.15, 0.2) is 0 Å². The Labute approximate surface area is 52.8 Å². The highest BCUT2D eigenvalue weighted by Crippen LogP contribution is 1.81. The van der Waals surface area contributed by atoms with Crippen molar-refractivity contribution in [2.24, 2.45) is 5.73 Å². The van der Waals surface area contributed by atoms with Gasteiger partial charge in [0.25, 0.3) is 0 Å². The van der Waals surface area contributed by atoms with E-state index in [1.807, 2.05) is 0 Å². The lowest BCUT2D eigenvalue weighted by Crippen LogP contribution is -2.34. The third-order valence-corrected chi connectivity index (χ3v) is 0.605. The Morgan fingerprint density at radius 2 is 2.22 bits per heavy atom. The number of nitrogens with zero attached hydrogens (tertiary/aromatic N) is 1. The van der Waals surface area contributed by atoms with Gasteiger partial charge in [0, 0.05) is 14.0 Å². The summed E-state index contributed by atoms with van der Waals surface area (Å²) in [4.78, 5) is 14.5. The molecular formula is C4H9N3O2. The zero-order valence-corrected chi connectivity index (χ0v) is 5.34. The van der Waals surface area contributed by atoms with Crippen LogP contribution in [0.5, 0.6) is 0 Å². The summed E-state index contributed by atoms with van der Waals surface area (Å²) in [7, 11) is 1.38. The highest BCUT2D eigenvalue weighted by molar-refractivity contribution is 5.75. The predicted octanol–water partition coefficient (Wildman–Crippen LogP) is -0.710. The zero-order valence-electron chi connectivity index (χ0n) is 5.34. The molecule has 0 aromatic heterocycles. The van der Waals surface area contributed by atoms with Gasteiger partial charge in [0.1, 0.15) is 0 Å². The van der Waals surface area contributed by atoms with Gasteiger partial charge in [-0.25, -0.2) is 0 Å². The first-order valence-corrected chi connectivity index (χ1v) is 2.30. The van der Waals surface area contributed by atoms with Gasteiger partial charge < -0.3 is 10.6 Å². The van der Waals surface area contributed by atoms with E-state index in [2.05, 4.69) is 4.84 Å². The molecule has 0 aromatic carbocycles.